The summed E-state index contributed by atoms with van der Waals surface area (Å²) in [7, 11) is 0. The molecule has 0 aliphatic carbocycles. The number of imide groups is 1. The summed E-state index contributed by atoms with van der Waals surface area (Å²) in [5.41, 5.74) is 1.97. The topological polar surface area (TPSA) is 72.9 Å². The van der Waals surface area contributed by atoms with Gasteiger partial charge in [-0.2, -0.15) is 0 Å². The number of rotatable bonds is 7. The normalized spacial score (nSPS) is 17.1. The third kappa shape index (κ3) is 4.65. The Morgan fingerprint density at radius 3 is 2.14 bits per heavy atom. The molecule has 2 amide bonds. The van der Waals surface area contributed by atoms with Gasteiger partial charge < -0.3 is 9.47 Å². The van der Waals surface area contributed by atoms with Crippen LogP contribution in [0.5, 0.6) is 0 Å². The SMILES string of the molecule is CCOC(=O)[C@H](C)CC(=O)N1C(=O)OC[C@H]1C(c1ccccc1)c1ccccc1. The molecule has 3 rings (SSSR count). The van der Waals surface area contributed by atoms with Gasteiger partial charge in [0.15, 0.2) is 0 Å². The lowest BCUT2D eigenvalue weighted by Gasteiger charge is -2.29. The largest absolute Gasteiger partial charge is 0.466 e. The number of hydrogen-bond donors (Lipinski definition) is 0. The highest BCUT2D eigenvalue weighted by Gasteiger charge is 2.43. The average molecular weight is 395 g/mol. The van der Waals surface area contributed by atoms with Gasteiger partial charge in [0.05, 0.1) is 18.6 Å². The van der Waals surface area contributed by atoms with E-state index in [2.05, 4.69) is 0 Å². The third-order valence-electron chi connectivity index (χ3n) is 5.05. The maximum absolute atomic E-state index is 13.0. The van der Waals surface area contributed by atoms with Gasteiger partial charge in [-0.15, -0.1) is 0 Å². The lowest BCUT2D eigenvalue weighted by Crippen LogP contribution is -2.43. The van der Waals surface area contributed by atoms with E-state index in [0.717, 1.165) is 11.1 Å². The fraction of sp³-hybridized carbons (Fsp3) is 0.348. The molecule has 0 saturated carbocycles. The molecule has 6 heteroatoms. The second kappa shape index (κ2) is 9.37. The van der Waals surface area contributed by atoms with Crippen molar-refractivity contribution in [3.63, 3.8) is 0 Å². The van der Waals surface area contributed by atoms with Crippen LogP contribution < -0.4 is 0 Å². The standard InChI is InChI=1S/C23H25NO5/c1-3-28-22(26)16(2)14-20(25)24-19(15-29-23(24)27)21(17-10-6-4-7-11-17)18-12-8-5-9-13-18/h4-13,16,19,21H,3,14-15H2,1-2H3/t16-,19+/m1/s1. The molecule has 1 heterocycles. The zero-order valence-corrected chi connectivity index (χ0v) is 16.6. The predicted octanol–water partition coefficient (Wildman–Crippen LogP) is 3.76. The first-order valence-corrected chi connectivity index (χ1v) is 9.78. The molecule has 152 valence electrons. The van der Waals surface area contributed by atoms with E-state index in [1.165, 1.54) is 4.90 Å². The Hall–Kier alpha value is -3.15. The number of amides is 2. The van der Waals surface area contributed by atoms with Gasteiger partial charge in [0, 0.05) is 12.3 Å². The molecule has 0 spiro atoms. The van der Waals surface area contributed by atoms with E-state index in [-0.39, 0.29) is 25.6 Å². The zero-order chi connectivity index (χ0) is 20.8. The summed E-state index contributed by atoms with van der Waals surface area (Å²) in [5, 5.41) is 0. The fourth-order valence-corrected chi connectivity index (χ4v) is 3.65. The third-order valence-corrected chi connectivity index (χ3v) is 5.05. The van der Waals surface area contributed by atoms with Crippen molar-refractivity contribution in [3.8, 4) is 0 Å². The van der Waals surface area contributed by atoms with E-state index in [4.69, 9.17) is 9.47 Å². The van der Waals surface area contributed by atoms with Crippen molar-refractivity contribution in [3.05, 3.63) is 71.8 Å². The van der Waals surface area contributed by atoms with E-state index >= 15 is 0 Å². The van der Waals surface area contributed by atoms with Crippen LogP contribution in [0.25, 0.3) is 0 Å². The van der Waals surface area contributed by atoms with Crippen molar-refractivity contribution in [1.29, 1.82) is 0 Å². The van der Waals surface area contributed by atoms with Crippen LogP contribution in [0.4, 0.5) is 4.79 Å². The van der Waals surface area contributed by atoms with Gasteiger partial charge in [-0.1, -0.05) is 67.6 Å². The Labute approximate surface area is 170 Å². The molecule has 1 aliphatic heterocycles. The Bertz CT molecular complexity index is 813. The van der Waals surface area contributed by atoms with Crippen LogP contribution in [0.1, 0.15) is 37.3 Å². The summed E-state index contributed by atoms with van der Waals surface area (Å²) in [6, 6.07) is 19.0. The minimum atomic E-state index is -0.673. The van der Waals surface area contributed by atoms with Gasteiger partial charge in [-0.05, 0) is 18.1 Å². The first-order chi connectivity index (χ1) is 14.0. The van der Waals surface area contributed by atoms with Crippen molar-refractivity contribution in [2.24, 2.45) is 5.92 Å². The molecule has 29 heavy (non-hydrogen) atoms. The maximum Gasteiger partial charge on any atom is 0.417 e. The van der Waals surface area contributed by atoms with E-state index in [1.807, 2.05) is 60.7 Å². The highest BCUT2D eigenvalue weighted by Crippen LogP contribution is 2.34. The van der Waals surface area contributed by atoms with Crippen molar-refractivity contribution >= 4 is 18.0 Å². The van der Waals surface area contributed by atoms with Crippen LogP contribution in [0, 0.1) is 5.92 Å². The molecule has 2 atom stereocenters. The second-order valence-electron chi connectivity index (χ2n) is 7.06. The molecule has 0 unspecified atom stereocenters. The molecule has 1 aliphatic rings. The lowest BCUT2D eigenvalue weighted by molar-refractivity contribution is -0.150. The van der Waals surface area contributed by atoms with E-state index in [9.17, 15) is 14.4 Å². The Kier molecular flexibility index (Phi) is 6.65. The predicted molar refractivity (Wildman–Crippen MR) is 107 cm³/mol. The fourth-order valence-electron chi connectivity index (χ4n) is 3.65. The number of esters is 1. The molecular formula is C23H25NO5. The number of nitrogens with zero attached hydrogens (tertiary/aromatic N) is 1. The Morgan fingerprint density at radius 1 is 1.07 bits per heavy atom. The summed E-state index contributed by atoms with van der Waals surface area (Å²) in [6.45, 7) is 3.69. The quantitative estimate of drug-likeness (QED) is 0.668. The number of carbonyl (C=O) groups excluding carboxylic acids is 3. The first-order valence-electron chi connectivity index (χ1n) is 9.78. The Balaban J connectivity index is 1.90. The van der Waals surface area contributed by atoms with Crippen LogP contribution in [-0.4, -0.2) is 42.1 Å². The van der Waals surface area contributed by atoms with Gasteiger partial charge >= 0.3 is 12.1 Å². The number of benzene rings is 2. The summed E-state index contributed by atoms with van der Waals surface area (Å²) in [6.07, 6.45) is -0.784. The number of hydrogen-bond acceptors (Lipinski definition) is 5. The van der Waals surface area contributed by atoms with E-state index in [1.54, 1.807) is 13.8 Å². The van der Waals surface area contributed by atoms with Gasteiger partial charge in [-0.25, -0.2) is 9.69 Å². The van der Waals surface area contributed by atoms with Crippen LogP contribution >= 0.6 is 0 Å². The average Bonchev–Trinajstić information content (AvgIpc) is 3.11. The van der Waals surface area contributed by atoms with Gasteiger partial charge in [0.25, 0.3) is 0 Å². The smallest absolute Gasteiger partial charge is 0.417 e. The van der Waals surface area contributed by atoms with E-state index in [0.29, 0.717) is 0 Å². The maximum atomic E-state index is 13.0. The minimum Gasteiger partial charge on any atom is -0.466 e. The summed E-state index contributed by atoms with van der Waals surface area (Å²) < 4.78 is 10.2. The highest BCUT2D eigenvalue weighted by atomic mass is 16.6. The van der Waals surface area contributed by atoms with Crippen molar-refractivity contribution in [2.45, 2.75) is 32.2 Å². The molecule has 6 nitrogen and oxygen atoms in total. The molecule has 0 radical (unpaired) electrons. The molecular weight excluding hydrogens is 370 g/mol. The Morgan fingerprint density at radius 2 is 1.62 bits per heavy atom. The summed E-state index contributed by atoms with van der Waals surface area (Å²) >= 11 is 0. The molecule has 2 aromatic carbocycles. The monoisotopic (exact) mass is 395 g/mol. The highest BCUT2D eigenvalue weighted by molar-refractivity contribution is 5.95. The zero-order valence-electron chi connectivity index (χ0n) is 16.6. The first kappa shape index (κ1) is 20.6. The van der Waals surface area contributed by atoms with Crippen molar-refractivity contribution < 1.29 is 23.9 Å². The van der Waals surface area contributed by atoms with Crippen LogP contribution in [-0.2, 0) is 19.1 Å². The van der Waals surface area contributed by atoms with Gasteiger partial charge in [-0.3, -0.25) is 9.59 Å². The van der Waals surface area contributed by atoms with Crippen LogP contribution in [0.2, 0.25) is 0 Å². The summed E-state index contributed by atoms with van der Waals surface area (Å²) in [5.74, 6) is -1.75. The molecule has 1 saturated heterocycles. The van der Waals surface area contributed by atoms with E-state index < -0.39 is 29.9 Å². The number of ether oxygens (including phenoxy) is 2. The molecule has 0 N–H and O–H groups in total. The molecule has 0 bridgehead atoms. The van der Waals surface area contributed by atoms with Crippen molar-refractivity contribution in [1.82, 2.24) is 4.90 Å². The molecule has 2 aromatic rings. The van der Waals surface area contributed by atoms with Crippen molar-refractivity contribution in [2.75, 3.05) is 13.2 Å². The van der Waals surface area contributed by atoms with Crippen LogP contribution in [0.3, 0.4) is 0 Å². The number of carbonyl (C=O) groups is 3. The van der Waals surface area contributed by atoms with Crippen LogP contribution in [0.15, 0.2) is 60.7 Å². The second-order valence-corrected chi connectivity index (χ2v) is 7.06. The van der Waals surface area contributed by atoms with Gasteiger partial charge in [0.2, 0.25) is 5.91 Å². The molecule has 0 aromatic heterocycles. The lowest BCUT2D eigenvalue weighted by atomic mass is 9.84. The number of cyclic esters (lactones) is 1. The molecule has 1 fully saturated rings. The summed E-state index contributed by atoms with van der Waals surface area (Å²) in [4.78, 5) is 38.5. The minimum absolute atomic E-state index is 0.104. The van der Waals surface area contributed by atoms with Gasteiger partial charge in [0.1, 0.15) is 6.61 Å².